The lowest BCUT2D eigenvalue weighted by molar-refractivity contribution is 0.0936. The number of unbranched alkanes of at least 4 members (excludes halogenated alkanes) is 2. The molecule has 0 aliphatic carbocycles. The molecule has 0 heterocycles. The molecule has 0 spiro atoms. The molecule has 0 saturated carbocycles. The summed E-state index contributed by atoms with van der Waals surface area (Å²) in [5.41, 5.74) is 1.35. The minimum atomic E-state index is -0.292. The fourth-order valence-corrected chi connectivity index (χ4v) is 2.85. The topological polar surface area (TPSA) is 76.7 Å². The van der Waals surface area contributed by atoms with Crippen molar-refractivity contribution in [2.24, 2.45) is 0 Å². The van der Waals surface area contributed by atoms with E-state index in [4.69, 9.17) is 21.1 Å². The van der Waals surface area contributed by atoms with Gasteiger partial charge in [-0.15, -0.1) is 0 Å². The number of methoxy groups -OCH3 is 1. The number of hydrogen-bond acceptors (Lipinski definition) is 4. The molecule has 29 heavy (non-hydrogen) atoms. The van der Waals surface area contributed by atoms with Gasteiger partial charge < -0.3 is 20.1 Å². The molecule has 2 aromatic carbocycles. The Morgan fingerprint density at radius 2 is 1.76 bits per heavy atom. The molecule has 0 fully saturated rings. The maximum atomic E-state index is 12.4. The minimum Gasteiger partial charge on any atom is -0.494 e. The lowest BCUT2D eigenvalue weighted by Crippen LogP contribution is -2.27. The van der Waals surface area contributed by atoms with Crippen LogP contribution < -0.4 is 15.4 Å². The van der Waals surface area contributed by atoms with Gasteiger partial charge in [0, 0.05) is 24.9 Å². The van der Waals surface area contributed by atoms with Crippen molar-refractivity contribution in [3.8, 4) is 5.75 Å². The Morgan fingerprint density at radius 3 is 2.41 bits per heavy atom. The van der Waals surface area contributed by atoms with E-state index in [9.17, 15) is 9.59 Å². The van der Waals surface area contributed by atoms with Gasteiger partial charge in [0.15, 0.2) is 0 Å². The molecule has 0 unspecified atom stereocenters. The zero-order chi connectivity index (χ0) is 21.1. The fraction of sp³-hybridized carbons (Fsp3) is 0.364. The van der Waals surface area contributed by atoms with Gasteiger partial charge in [0.25, 0.3) is 11.8 Å². The molecule has 2 amide bonds. The van der Waals surface area contributed by atoms with E-state index < -0.39 is 0 Å². The molecule has 2 rings (SSSR count). The van der Waals surface area contributed by atoms with E-state index in [1.54, 1.807) is 49.6 Å². The van der Waals surface area contributed by atoms with E-state index in [1.807, 2.05) is 0 Å². The van der Waals surface area contributed by atoms with Crippen molar-refractivity contribution in [3.05, 3.63) is 58.6 Å². The van der Waals surface area contributed by atoms with Crippen LogP contribution in [0.4, 0.5) is 5.69 Å². The Morgan fingerprint density at radius 1 is 1.00 bits per heavy atom. The number of halogens is 1. The number of benzene rings is 2. The number of rotatable bonds is 11. The average molecular weight is 419 g/mol. The maximum Gasteiger partial charge on any atom is 0.255 e. The van der Waals surface area contributed by atoms with Crippen LogP contribution in [0.25, 0.3) is 0 Å². The Kier molecular flexibility index (Phi) is 9.47. The molecule has 2 N–H and O–H groups in total. The second-order valence-corrected chi connectivity index (χ2v) is 6.88. The third-order valence-electron chi connectivity index (χ3n) is 4.20. The summed E-state index contributed by atoms with van der Waals surface area (Å²) in [5.74, 6) is 0.180. The van der Waals surface area contributed by atoms with Crippen molar-refractivity contribution >= 4 is 29.1 Å². The predicted molar refractivity (Wildman–Crippen MR) is 115 cm³/mol. The van der Waals surface area contributed by atoms with Crippen molar-refractivity contribution in [2.45, 2.75) is 26.2 Å². The molecule has 6 nitrogen and oxygen atoms in total. The van der Waals surface area contributed by atoms with Crippen LogP contribution in [-0.4, -0.2) is 38.7 Å². The summed E-state index contributed by atoms with van der Waals surface area (Å²) in [4.78, 5) is 24.5. The van der Waals surface area contributed by atoms with Gasteiger partial charge in [-0.25, -0.2) is 0 Å². The van der Waals surface area contributed by atoms with Gasteiger partial charge >= 0.3 is 0 Å². The molecular weight excluding hydrogens is 392 g/mol. The first-order valence-corrected chi connectivity index (χ1v) is 10.0. The number of carbonyl (C=O) groups excluding carboxylic acids is 2. The van der Waals surface area contributed by atoms with Gasteiger partial charge in [0.05, 0.1) is 23.8 Å². The first-order valence-electron chi connectivity index (χ1n) is 9.66. The van der Waals surface area contributed by atoms with Gasteiger partial charge in [0.1, 0.15) is 5.75 Å². The number of nitrogens with one attached hydrogen (secondary N) is 2. The summed E-state index contributed by atoms with van der Waals surface area (Å²) >= 11 is 6.20. The van der Waals surface area contributed by atoms with Gasteiger partial charge in [-0.1, -0.05) is 31.4 Å². The number of hydrogen-bond donors (Lipinski definition) is 2. The number of carbonyl (C=O) groups is 2. The van der Waals surface area contributed by atoms with E-state index in [1.165, 1.54) is 0 Å². The molecular formula is C22H27ClN2O4. The third-order valence-corrected chi connectivity index (χ3v) is 4.51. The largest absolute Gasteiger partial charge is 0.494 e. The van der Waals surface area contributed by atoms with Gasteiger partial charge in [-0.2, -0.15) is 0 Å². The van der Waals surface area contributed by atoms with Crippen molar-refractivity contribution < 1.29 is 19.1 Å². The van der Waals surface area contributed by atoms with Crippen LogP contribution in [0.1, 0.15) is 46.9 Å². The van der Waals surface area contributed by atoms with Gasteiger partial charge in [-0.3, -0.25) is 9.59 Å². The van der Waals surface area contributed by atoms with Gasteiger partial charge in [-0.05, 0) is 48.9 Å². The van der Waals surface area contributed by atoms with E-state index in [0.717, 1.165) is 25.0 Å². The first-order chi connectivity index (χ1) is 14.0. The van der Waals surface area contributed by atoms with Crippen LogP contribution in [0.3, 0.4) is 0 Å². The highest BCUT2D eigenvalue weighted by Crippen LogP contribution is 2.22. The third kappa shape index (κ3) is 7.40. The zero-order valence-electron chi connectivity index (χ0n) is 16.8. The molecule has 0 saturated heterocycles. The summed E-state index contributed by atoms with van der Waals surface area (Å²) in [6.45, 7) is 3.62. The average Bonchev–Trinajstić information content (AvgIpc) is 2.72. The monoisotopic (exact) mass is 418 g/mol. The number of amides is 2. The van der Waals surface area contributed by atoms with Crippen LogP contribution in [-0.2, 0) is 4.74 Å². The summed E-state index contributed by atoms with van der Waals surface area (Å²) < 4.78 is 10.5. The van der Waals surface area contributed by atoms with Crippen LogP contribution in [0.2, 0.25) is 5.02 Å². The quantitative estimate of drug-likeness (QED) is 0.525. The van der Waals surface area contributed by atoms with Crippen molar-refractivity contribution in [2.75, 3.05) is 32.2 Å². The first kappa shape index (κ1) is 22.7. The molecule has 0 bridgehead atoms. The van der Waals surface area contributed by atoms with E-state index in [2.05, 4.69) is 17.6 Å². The molecule has 0 radical (unpaired) electrons. The Bertz CT molecular complexity index is 809. The number of ether oxygens (including phenoxy) is 2. The number of anilines is 1. The lowest BCUT2D eigenvalue weighted by atomic mass is 10.1. The van der Waals surface area contributed by atoms with Crippen LogP contribution in [0, 0.1) is 0 Å². The van der Waals surface area contributed by atoms with Crippen molar-refractivity contribution in [1.29, 1.82) is 0 Å². The second kappa shape index (κ2) is 12.1. The second-order valence-electron chi connectivity index (χ2n) is 6.48. The maximum absolute atomic E-state index is 12.4. The molecule has 2 aromatic rings. The highest BCUT2D eigenvalue weighted by Gasteiger charge is 2.12. The Labute approximate surface area is 176 Å². The Hall–Kier alpha value is -2.57. The fourth-order valence-electron chi connectivity index (χ4n) is 2.59. The molecule has 0 atom stereocenters. The minimum absolute atomic E-state index is 0.258. The zero-order valence-corrected chi connectivity index (χ0v) is 17.6. The van der Waals surface area contributed by atoms with Gasteiger partial charge in [0.2, 0.25) is 0 Å². The lowest BCUT2D eigenvalue weighted by Gasteiger charge is -2.10. The van der Waals surface area contributed by atoms with Crippen molar-refractivity contribution in [1.82, 2.24) is 5.32 Å². The smallest absolute Gasteiger partial charge is 0.255 e. The van der Waals surface area contributed by atoms with Crippen LogP contribution in [0.5, 0.6) is 5.75 Å². The van der Waals surface area contributed by atoms with E-state index in [-0.39, 0.29) is 16.8 Å². The SMILES string of the molecule is CCCCCOc1ccc(C(=O)Nc2ccc(C(=O)NCCOC)c(Cl)c2)cc1. The van der Waals surface area contributed by atoms with E-state index in [0.29, 0.717) is 36.6 Å². The molecule has 0 aromatic heterocycles. The molecule has 0 aliphatic heterocycles. The van der Waals surface area contributed by atoms with Crippen LogP contribution in [0.15, 0.2) is 42.5 Å². The standard InChI is InChI=1S/C22H27ClN2O4/c1-3-4-5-13-29-18-9-6-16(7-10-18)21(26)25-17-8-11-19(20(23)15-17)22(27)24-12-14-28-2/h6-11,15H,3-5,12-14H2,1-2H3,(H,24,27)(H,25,26). The molecule has 7 heteroatoms. The molecule has 156 valence electrons. The summed E-state index contributed by atoms with van der Waals surface area (Å²) in [7, 11) is 1.56. The highest BCUT2D eigenvalue weighted by atomic mass is 35.5. The normalized spacial score (nSPS) is 10.4. The Balaban J connectivity index is 1.93. The summed E-state index contributed by atoms with van der Waals surface area (Å²) in [5, 5.41) is 5.74. The van der Waals surface area contributed by atoms with E-state index >= 15 is 0 Å². The van der Waals surface area contributed by atoms with Crippen molar-refractivity contribution in [3.63, 3.8) is 0 Å². The summed E-state index contributed by atoms with van der Waals surface area (Å²) in [6, 6.07) is 11.7. The predicted octanol–water partition coefficient (Wildman–Crippen LogP) is 4.54. The summed E-state index contributed by atoms with van der Waals surface area (Å²) in [6.07, 6.45) is 3.29. The molecule has 0 aliphatic rings. The van der Waals surface area contributed by atoms with Crippen LogP contribution >= 0.6 is 11.6 Å². The highest BCUT2D eigenvalue weighted by molar-refractivity contribution is 6.34.